The van der Waals surface area contributed by atoms with Crippen molar-refractivity contribution >= 4 is 33.5 Å². The van der Waals surface area contributed by atoms with Crippen molar-refractivity contribution in [3.63, 3.8) is 0 Å². The number of alkyl halides is 3. The van der Waals surface area contributed by atoms with Crippen molar-refractivity contribution in [1.82, 2.24) is 9.62 Å². The Hall–Kier alpha value is -2.97. The molecule has 0 spiro atoms. The zero-order valence-electron chi connectivity index (χ0n) is 23.8. The molecule has 1 aliphatic carbocycles. The highest BCUT2D eigenvalue weighted by atomic mass is 35.5. The molecule has 4 rings (SSSR count). The number of nitrogens with one attached hydrogen (secondary N) is 1. The fourth-order valence-electron chi connectivity index (χ4n) is 5.00. The van der Waals surface area contributed by atoms with E-state index in [9.17, 15) is 35.2 Å². The summed E-state index contributed by atoms with van der Waals surface area (Å²) in [5.74, 6) is -4.48. The van der Waals surface area contributed by atoms with Crippen LogP contribution in [0.1, 0.15) is 73.5 Å². The van der Waals surface area contributed by atoms with Crippen LogP contribution in [0.4, 0.5) is 22.0 Å². The molecular formula is C28H32ClF5N2O6S. The van der Waals surface area contributed by atoms with Crippen LogP contribution < -0.4 is 9.46 Å². The molecule has 1 heterocycles. The Labute approximate surface area is 251 Å². The second kappa shape index (κ2) is 12.9. The van der Waals surface area contributed by atoms with Crippen LogP contribution in [0.2, 0.25) is 5.02 Å². The lowest BCUT2D eigenvalue weighted by molar-refractivity contribution is -0.192. The molecular weight excluding hydrogens is 623 g/mol. The van der Waals surface area contributed by atoms with Crippen LogP contribution in [0.5, 0.6) is 5.75 Å². The highest BCUT2D eigenvalue weighted by molar-refractivity contribution is 7.89. The molecule has 1 aliphatic heterocycles. The van der Waals surface area contributed by atoms with Gasteiger partial charge in [-0.2, -0.15) is 13.2 Å². The van der Waals surface area contributed by atoms with E-state index in [0.29, 0.717) is 22.9 Å². The molecule has 238 valence electrons. The first-order valence-corrected chi connectivity index (χ1v) is 15.4. The standard InChI is InChI=1S/C26H31ClF2N2O4S.C2HF3O2/c1-15(19-8-7-17(28)9-22(19)27)31-13-18(12-26(2,3)14-31)35-24-11-23(29)21(10-20(24)16-5-6-16)25(32)30-36(4,33)34;3-2(4,5)1(6)7/h7-11,15-16,18H,5-6,12-14H2,1-4H3,(H,30,32);(H,6,7)/t15-,18-;/m1./s1. The maximum Gasteiger partial charge on any atom is 0.490 e. The van der Waals surface area contributed by atoms with Crippen molar-refractivity contribution in [2.24, 2.45) is 5.41 Å². The molecule has 2 aliphatic rings. The molecule has 2 atom stereocenters. The zero-order valence-corrected chi connectivity index (χ0v) is 25.3. The summed E-state index contributed by atoms with van der Waals surface area (Å²) >= 11 is 6.33. The Morgan fingerprint density at radius 3 is 2.28 bits per heavy atom. The number of aliphatic carboxylic acids is 1. The smallest absolute Gasteiger partial charge is 0.489 e. The van der Waals surface area contributed by atoms with E-state index in [2.05, 4.69) is 18.7 Å². The van der Waals surface area contributed by atoms with E-state index in [1.54, 1.807) is 6.07 Å². The van der Waals surface area contributed by atoms with Gasteiger partial charge < -0.3 is 9.84 Å². The number of nitrogens with zero attached hydrogens (tertiary/aromatic N) is 1. The first-order chi connectivity index (χ1) is 19.7. The molecule has 2 N–H and O–H groups in total. The molecule has 1 saturated carbocycles. The highest BCUT2D eigenvalue weighted by Crippen LogP contribution is 2.46. The molecule has 8 nitrogen and oxygen atoms in total. The fourth-order valence-corrected chi connectivity index (χ4v) is 5.77. The van der Waals surface area contributed by atoms with E-state index in [1.807, 2.05) is 11.6 Å². The predicted molar refractivity (Wildman–Crippen MR) is 149 cm³/mol. The van der Waals surface area contributed by atoms with E-state index in [0.717, 1.165) is 37.6 Å². The number of amides is 1. The van der Waals surface area contributed by atoms with Crippen molar-refractivity contribution in [1.29, 1.82) is 0 Å². The molecule has 0 unspecified atom stereocenters. The second-order valence-corrected chi connectivity index (χ2v) is 13.7. The first-order valence-electron chi connectivity index (χ1n) is 13.2. The number of halogens is 6. The van der Waals surface area contributed by atoms with Gasteiger partial charge in [0, 0.05) is 30.2 Å². The van der Waals surface area contributed by atoms with Crippen LogP contribution in [0.15, 0.2) is 30.3 Å². The van der Waals surface area contributed by atoms with Crippen LogP contribution in [-0.2, 0) is 14.8 Å². The summed E-state index contributed by atoms with van der Waals surface area (Å²) in [5.41, 5.74) is 1.09. The summed E-state index contributed by atoms with van der Waals surface area (Å²) < 4.78 is 91.4. The predicted octanol–water partition coefficient (Wildman–Crippen LogP) is 6.06. The Kier molecular flexibility index (Phi) is 10.4. The van der Waals surface area contributed by atoms with Gasteiger partial charge >= 0.3 is 12.1 Å². The minimum atomic E-state index is -5.08. The van der Waals surface area contributed by atoms with Gasteiger partial charge in [0.2, 0.25) is 10.0 Å². The molecule has 2 aromatic carbocycles. The number of ether oxygens (including phenoxy) is 1. The van der Waals surface area contributed by atoms with Crippen molar-refractivity contribution < 1.29 is 49.8 Å². The molecule has 1 amide bonds. The van der Waals surface area contributed by atoms with Crippen LogP contribution >= 0.6 is 11.6 Å². The van der Waals surface area contributed by atoms with Crippen LogP contribution in [0.3, 0.4) is 0 Å². The molecule has 0 radical (unpaired) electrons. The largest absolute Gasteiger partial charge is 0.490 e. The fraction of sp³-hybridized carbons (Fsp3) is 0.500. The van der Waals surface area contributed by atoms with Crippen molar-refractivity contribution in [2.45, 2.75) is 64.3 Å². The average molecular weight is 655 g/mol. The number of hydrogen-bond donors (Lipinski definition) is 2. The molecule has 15 heteroatoms. The summed E-state index contributed by atoms with van der Waals surface area (Å²) in [7, 11) is -3.83. The van der Waals surface area contributed by atoms with Gasteiger partial charge in [-0.15, -0.1) is 0 Å². The Morgan fingerprint density at radius 1 is 1.16 bits per heavy atom. The molecule has 0 aromatic heterocycles. The third kappa shape index (κ3) is 9.77. The lowest BCUT2D eigenvalue weighted by Gasteiger charge is -2.45. The van der Waals surface area contributed by atoms with Gasteiger partial charge in [-0.1, -0.05) is 31.5 Å². The topological polar surface area (TPSA) is 113 Å². The van der Waals surface area contributed by atoms with E-state index >= 15 is 0 Å². The van der Waals surface area contributed by atoms with Crippen molar-refractivity contribution in [3.8, 4) is 5.75 Å². The number of carbonyl (C=O) groups excluding carboxylic acids is 1. The maximum absolute atomic E-state index is 15.0. The molecule has 2 aromatic rings. The number of rotatable bonds is 7. The third-order valence-electron chi connectivity index (χ3n) is 6.99. The van der Waals surface area contributed by atoms with Crippen LogP contribution in [0.25, 0.3) is 0 Å². The van der Waals surface area contributed by atoms with Gasteiger partial charge in [-0.3, -0.25) is 9.69 Å². The third-order valence-corrected chi connectivity index (χ3v) is 7.87. The number of hydrogen-bond acceptors (Lipinski definition) is 6. The SMILES string of the molecule is C[C@H](c1ccc(F)cc1Cl)N1C[C@H](Oc2cc(F)c(C(=O)NS(C)(=O)=O)cc2C2CC2)CC(C)(C)C1.O=C(O)C(F)(F)F. The Bertz CT molecular complexity index is 1480. The maximum atomic E-state index is 15.0. The normalized spacial score (nSPS) is 19.5. The van der Waals surface area contributed by atoms with Gasteiger partial charge in [-0.05, 0) is 66.8 Å². The van der Waals surface area contributed by atoms with Gasteiger partial charge in [0.1, 0.15) is 23.5 Å². The minimum absolute atomic E-state index is 0.0921. The van der Waals surface area contributed by atoms with Gasteiger partial charge in [0.15, 0.2) is 0 Å². The first kappa shape index (κ1) is 34.5. The Morgan fingerprint density at radius 2 is 1.77 bits per heavy atom. The summed E-state index contributed by atoms with van der Waals surface area (Å²) in [6, 6.07) is 6.91. The average Bonchev–Trinajstić information content (AvgIpc) is 3.67. The quantitative estimate of drug-likeness (QED) is 0.349. The molecule has 2 fully saturated rings. The van der Waals surface area contributed by atoms with E-state index in [-0.39, 0.29) is 34.9 Å². The van der Waals surface area contributed by atoms with Crippen LogP contribution in [-0.4, -0.2) is 61.9 Å². The summed E-state index contributed by atoms with van der Waals surface area (Å²) in [4.78, 5) is 23.5. The number of benzene rings is 2. The molecule has 0 bridgehead atoms. The molecule has 1 saturated heterocycles. The van der Waals surface area contributed by atoms with Crippen LogP contribution in [0, 0.1) is 17.0 Å². The molecule has 43 heavy (non-hydrogen) atoms. The highest BCUT2D eigenvalue weighted by Gasteiger charge is 2.39. The second-order valence-electron chi connectivity index (χ2n) is 11.5. The number of piperidine rings is 1. The lowest BCUT2D eigenvalue weighted by Crippen LogP contribution is -2.50. The number of sulfonamides is 1. The summed E-state index contributed by atoms with van der Waals surface area (Å²) in [6.45, 7) is 7.61. The number of carboxylic acid groups (broad SMARTS) is 1. The van der Waals surface area contributed by atoms with E-state index in [4.69, 9.17) is 26.2 Å². The monoisotopic (exact) mass is 654 g/mol. The van der Waals surface area contributed by atoms with E-state index in [1.165, 1.54) is 24.3 Å². The van der Waals surface area contributed by atoms with Crippen molar-refractivity contribution in [3.05, 3.63) is 63.7 Å². The number of carboxylic acids is 1. The minimum Gasteiger partial charge on any atom is -0.489 e. The summed E-state index contributed by atoms with van der Waals surface area (Å²) in [5, 5.41) is 7.49. The number of carbonyl (C=O) groups is 2. The van der Waals surface area contributed by atoms with Gasteiger partial charge in [-0.25, -0.2) is 26.7 Å². The van der Waals surface area contributed by atoms with Gasteiger partial charge in [0.25, 0.3) is 5.91 Å². The van der Waals surface area contributed by atoms with Crippen molar-refractivity contribution in [2.75, 3.05) is 19.3 Å². The zero-order chi connectivity index (χ0) is 32.5. The van der Waals surface area contributed by atoms with E-state index < -0.39 is 33.9 Å². The number of likely N-dealkylation sites (tertiary alicyclic amines) is 1. The Balaban J connectivity index is 0.000000646. The van der Waals surface area contributed by atoms with Gasteiger partial charge in [0.05, 0.1) is 11.8 Å². The summed E-state index contributed by atoms with van der Waals surface area (Å²) in [6.07, 6.45) is -1.99. The lowest BCUT2D eigenvalue weighted by atomic mass is 9.81.